The summed E-state index contributed by atoms with van der Waals surface area (Å²) in [4.78, 5) is 102. The predicted octanol–water partition coefficient (Wildman–Crippen LogP) is 6.79. The lowest BCUT2D eigenvalue weighted by atomic mass is 9.88. The molecule has 0 saturated carbocycles. The molecule has 3 aromatic carbocycles. The summed E-state index contributed by atoms with van der Waals surface area (Å²) in [6.45, 7) is 11.0. The minimum atomic E-state index is -1.35. The Morgan fingerprint density at radius 3 is 1.37 bits per heavy atom. The molecule has 3 aromatic rings. The number of carbonyl (C=O) groups is 8. The zero-order chi connectivity index (χ0) is 51.4. The summed E-state index contributed by atoms with van der Waals surface area (Å²) in [5.41, 5.74) is 3.85. The molecule has 382 valence electrons. The lowest BCUT2D eigenvalue weighted by Crippen LogP contribution is -2.58. The number of benzene rings is 3. The van der Waals surface area contributed by atoms with Crippen LogP contribution in [0.25, 0.3) is 0 Å². The van der Waals surface area contributed by atoms with E-state index in [4.69, 9.17) is 14.2 Å². The number of hydrogen-bond donors (Lipinski definition) is 4. The monoisotopic (exact) mass is 969 g/mol. The standard InChI is InChI=1S/C55H76N4O11/c1-40-13-19-43(20-14-40)35-47(61)10-7-9-46(60)27-32-68-37-55(59-53(67)12-8-11-49(63)54(4,5)6,38-69-33-28-50(64)56-30-25-48(62)36-44-21-15-41(2)16-22-44)39-70-34-29-51(65)57-31-26-52(66)58-45-23-17-42(3)18-24-45/h13-24H,7-12,25-39H2,1-6H3,(H,56,64)(H,57,65)(H,58,66)(H,59,67). The number of ketones is 4. The minimum Gasteiger partial charge on any atom is -0.378 e. The largest absolute Gasteiger partial charge is 0.378 e. The van der Waals surface area contributed by atoms with E-state index in [0.29, 0.717) is 24.9 Å². The second-order valence-corrected chi connectivity index (χ2v) is 19.2. The third-order valence-electron chi connectivity index (χ3n) is 11.3. The van der Waals surface area contributed by atoms with Gasteiger partial charge in [-0.3, -0.25) is 38.4 Å². The molecule has 3 rings (SSSR count). The van der Waals surface area contributed by atoms with E-state index in [0.717, 1.165) is 27.8 Å². The highest BCUT2D eigenvalue weighted by Gasteiger charge is 2.34. The van der Waals surface area contributed by atoms with Crippen molar-refractivity contribution in [2.75, 3.05) is 58.0 Å². The molecule has 4 N–H and O–H groups in total. The van der Waals surface area contributed by atoms with Crippen LogP contribution in [0.2, 0.25) is 0 Å². The Kier molecular flexibility index (Phi) is 26.2. The molecule has 0 radical (unpaired) electrons. The third kappa shape index (κ3) is 25.6. The maximum atomic E-state index is 13.6. The average molecular weight is 969 g/mol. The Hall–Kier alpha value is -5.90. The molecule has 0 fully saturated rings. The quantitative estimate of drug-likeness (QED) is 0.0451. The van der Waals surface area contributed by atoms with Gasteiger partial charge in [0.25, 0.3) is 0 Å². The van der Waals surface area contributed by atoms with Gasteiger partial charge in [0.15, 0.2) is 0 Å². The van der Waals surface area contributed by atoms with E-state index in [1.54, 1.807) is 12.1 Å². The predicted molar refractivity (Wildman–Crippen MR) is 269 cm³/mol. The molecule has 15 nitrogen and oxygen atoms in total. The zero-order valence-corrected chi connectivity index (χ0v) is 42.3. The number of Topliss-reactive ketones (excluding diaryl/α,β-unsaturated/α-hetero) is 4. The molecule has 70 heavy (non-hydrogen) atoms. The highest BCUT2D eigenvalue weighted by atomic mass is 16.5. The number of aryl methyl sites for hydroxylation is 3. The number of rotatable bonds is 35. The molecule has 0 aromatic heterocycles. The Labute approximate surface area is 414 Å². The summed E-state index contributed by atoms with van der Waals surface area (Å²) in [5, 5.41) is 11.3. The third-order valence-corrected chi connectivity index (χ3v) is 11.3. The average Bonchev–Trinajstić information content (AvgIpc) is 3.30. The molecule has 15 heteroatoms. The minimum absolute atomic E-state index is 0.00120. The van der Waals surface area contributed by atoms with E-state index in [-0.39, 0.29) is 158 Å². The number of carbonyl (C=O) groups excluding carboxylic acids is 8. The Balaban J connectivity index is 1.60. The summed E-state index contributed by atoms with van der Waals surface area (Å²) in [5.74, 6) is -1.37. The normalized spacial score (nSPS) is 12.1. The highest BCUT2D eigenvalue weighted by Crippen LogP contribution is 2.19. The number of ether oxygens (including phenoxy) is 3. The molecule has 1 atom stereocenters. The summed E-state index contributed by atoms with van der Waals surface area (Å²) >= 11 is 0. The van der Waals surface area contributed by atoms with Gasteiger partial charge in [-0.05, 0) is 56.9 Å². The van der Waals surface area contributed by atoms with Crippen LogP contribution in [0.5, 0.6) is 0 Å². The van der Waals surface area contributed by atoms with Crippen molar-refractivity contribution in [1.29, 1.82) is 0 Å². The highest BCUT2D eigenvalue weighted by molar-refractivity contribution is 5.91. The van der Waals surface area contributed by atoms with Crippen molar-refractivity contribution in [1.82, 2.24) is 16.0 Å². The SMILES string of the molecule is Cc1ccc(CC(=O)CCCC(=O)CCOCC(COCCC(=O)NCCC(=O)Cc2ccc(C)cc2)(COCCC(=O)NCCC(=O)Nc2ccc(C)cc2)NC(=O)CCCC(=O)C(C)(C)C)cc1. The zero-order valence-electron chi connectivity index (χ0n) is 42.3. The molecule has 0 saturated heterocycles. The van der Waals surface area contributed by atoms with Crippen LogP contribution in [0.15, 0.2) is 72.8 Å². The topological polar surface area (TPSA) is 212 Å². The van der Waals surface area contributed by atoms with Crippen LogP contribution in [-0.2, 0) is 65.4 Å². The number of nitrogens with one attached hydrogen (secondary N) is 4. The van der Waals surface area contributed by atoms with Gasteiger partial charge in [-0.25, -0.2) is 0 Å². The lowest BCUT2D eigenvalue weighted by Gasteiger charge is -2.34. The van der Waals surface area contributed by atoms with E-state index >= 15 is 0 Å². The number of hydrogen-bond acceptors (Lipinski definition) is 11. The van der Waals surface area contributed by atoms with Crippen molar-refractivity contribution >= 4 is 52.4 Å². The van der Waals surface area contributed by atoms with Crippen molar-refractivity contribution in [3.63, 3.8) is 0 Å². The van der Waals surface area contributed by atoms with Gasteiger partial charge in [0.2, 0.25) is 23.6 Å². The molecule has 0 aliphatic heterocycles. The van der Waals surface area contributed by atoms with Crippen LogP contribution < -0.4 is 21.3 Å². The van der Waals surface area contributed by atoms with Crippen molar-refractivity contribution < 1.29 is 52.6 Å². The second-order valence-electron chi connectivity index (χ2n) is 19.2. The van der Waals surface area contributed by atoms with Gasteiger partial charge in [0.1, 0.15) is 28.7 Å². The van der Waals surface area contributed by atoms with Gasteiger partial charge in [-0.2, -0.15) is 0 Å². The van der Waals surface area contributed by atoms with Crippen LogP contribution in [0.1, 0.15) is 119 Å². The first-order valence-electron chi connectivity index (χ1n) is 24.4. The van der Waals surface area contributed by atoms with Gasteiger partial charge < -0.3 is 35.5 Å². The van der Waals surface area contributed by atoms with E-state index in [9.17, 15) is 38.4 Å². The van der Waals surface area contributed by atoms with E-state index < -0.39 is 16.9 Å². The van der Waals surface area contributed by atoms with Crippen molar-refractivity contribution in [2.24, 2.45) is 5.41 Å². The fourth-order valence-corrected chi connectivity index (χ4v) is 7.04. The fourth-order valence-electron chi connectivity index (χ4n) is 7.04. The number of anilines is 1. The van der Waals surface area contributed by atoms with Gasteiger partial charge in [0.05, 0.1) is 39.6 Å². The fraction of sp³-hybridized carbons (Fsp3) is 0.527. The van der Waals surface area contributed by atoms with Gasteiger partial charge >= 0.3 is 0 Å². The maximum Gasteiger partial charge on any atom is 0.226 e. The van der Waals surface area contributed by atoms with Crippen molar-refractivity contribution in [2.45, 2.75) is 131 Å². The Morgan fingerprint density at radius 1 is 0.443 bits per heavy atom. The maximum absolute atomic E-state index is 13.6. The molecule has 0 aliphatic rings. The van der Waals surface area contributed by atoms with Gasteiger partial charge in [0, 0.05) is 94.8 Å². The Morgan fingerprint density at radius 2 is 0.871 bits per heavy atom. The molecular weight excluding hydrogens is 893 g/mol. The van der Waals surface area contributed by atoms with Crippen LogP contribution in [0, 0.1) is 26.2 Å². The summed E-state index contributed by atoms with van der Waals surface area (Å²) in [6, 6.07) is 22.8. The van der Waals surface area contributed by atoms with Crippen LogP contribution >= 0.6 is 0 Å². The molecule has 1 unspecified atom stereocenters. The summed E-state index contributed by atoms with van der Waals surface area (Å²) in [7, 11) is 0. The first-order chi connectivity index (χ1) is 33.3. The van der Waals surface area contributed by atoms with Gasteiger partial charge in [-0.1, -0.05) is 98.1 Å². The molecule has 0 bridgehead atoms. The van der Waals surface area contributed by atoms with Crippen molar-refractivity contribution in [3.05, 3.63) is 101 Å². The molecular formula is C55H76N4O11. The van der Waals surface area contributed by atoms with Crippen LogP contribution in [0.4, 0.5) is 5.69 Å². The van der Waals surface area contributed by atoms with E-state index in [1.807, 2.05) is 102 Å². The first-order valence-corrected chi connectivity index (χ1v) is 24.4. The molecule has 0 heterocycles. The number of amides is 4. The van der Waals surface area contributed by atoms with Crippen LogP contribution in [0.3, 0.4) is 0 Å². The van der Waals surface area contributed by atoms with Crippen LogP contribution in [-0.4, -0.2) is 105 Å². The first kappa shape index (κ1) is 58.4. The smallest absolute Gasteiger partial charge is 0.226 e. The lowest BCUT2D eigenvalue weighted by molar-refractivity contribution is -0.131. The Bertz CT molecular complexity index is 1940. The van der Waals surface area contributed by atoms with E-state index in [1.165, 1.54) is 0 Å². The van der Waals surface area contributed by atoms with E-state index in [2.05, 4.69) is 21.3 Å². The molecule has 0 aliphatic carbocycles. The van der Waals surface area contributed by atoms with Gasteiger partial charge in [-0.15, -0.1) is 0 Å². The molecule has 0 spiro atoms. The summed E-state index contributed by atoms with van der Waals surface area (Å²) < 4.78 is 18.0. The molecule has 4 amide bonds. The van der Waals surface area contributed by atoms with Crippen molar-refractivity contribution in [3.8, 4) is 0 Å². The summed E-state index contributed by atoms with van der Waals surface area (Å²) in [6.07, 6.45) is 2.15. The second kappa shape index (κ2) is 31.4.